The topological polar surface area (TPSA) is 66.5 Å². The first kappa shape index (κ1) is 9.26. The Balaban J connectivity index is 0.000000605. The SMILES string of the molecule is Cl.N[C@H]1C[C@H]2[C@H](O)[C@H](O)C[C@H]21. The Morgan fingerprint density at radius 3 is 2.09 bits per heavy atom. The highest BCUT2D eigenvalue weighted by atomic mass is 35.5. The van der Waals surface area contributed by atoms with E-state index in [1.807, 2.05) is 0 Å². The zero-order valence-electron chi connectivity index (χ0n) is 6.18. The number of halogens is 1. The van der Waals surface area contributed by atoms with Crippen LogP contribution in [0, 0.1) is 11.8 Å². The summed E-state index contributed by atoms with van der Waals surface area (Å²) in [7, 11) is 0. The van der Waals surface area contributed by atoms with Crippen LogP contribution in [0.5, 0.6) is 0 Å². The predicted molar refractivity (Wildman–Crippen MR) is 43.5 cm³/mol. The lowest BCUT2D eigenvalue weighted by atomic mass is 9.71. The smallest absolute Gasteiger partial charge is 0.0831 e. The Hall–Kier alpha value is 0.170. The van der Waals surface area contributed by atoms with Crippen molar-refractivity contribution in [2.24, 2.45) is 17.6 Å². The minimum absolute atomic E-state index is 0. The van der Waals surface area contributed by atoms with E-state index in [1.54, 1.807) is 0 Å². The van der Waals surface area contributed by atoms with Crippen molar-refractivity contribution in [2.45, 2.75) is 31.1 Å². The minimum Gasteiger partial charge on any atom is -0.390 e. The molecule has 0 saturated heterocycles. The maximum atomic E-state index is 9.30. The van der Waals surface area contributed by atoms with Crippen molar-refractivity contribution < 1.29 is 10.2 Å². The summed E-state index contributed by atoms with van der Waals surface area (Å²) in [6.45, 7) is 0. The van der Waals surface area contributed by atoms with Crippen LogP contribution in [-0.2, 0) is 0 Å². The van der Waals surface area contributed by atoms with E-state index in [2.05, 4.69) is 0 Å². The number of rotatable bonds is 0. The van der Waals surface area contributed by atoms with Gasteiger partial charge in [0.25, 0.3) is 0 Å². The highest BCUT2D eigenvalue weighted by Gasteiger charge is 2.51. The van der Waals surface area contributed by atoms with Gasteiger partial charge >= 0.3 is 0 Å². The molecule has 2 saturated carbocycles. The van der Waals surface area contributed by atoms with Crippen LogP contribution in [0.1, 0.15) is 12.8 Å². The van der Waals surface area contributed by atoms with Crippen molar-refractivity contribution >= 4 is 12.4 Å². The van der Waals surface area contributed by atoms with Crippen LogP contribution in [0.4, 0.5) is 0 Å². The van der Waals surface area contributed by atoms with Crippen LogP contribution < -0.4 is 5.73 Å². The Morgan fingerprint density at radius 1 is 1.09 bits per heavy atom. The number of hydrogen-bond donors (Lipinski definition) is 3. The molecule has 4 heteroatoms. The average Bonchev–Trinajstić information content (AvgIpc) is 2.12. The van der Waals surface area contributed by atoms with Crippen LogP contribution in [0.15, 0.2) is 0 Å². The summed E-state index contributed by atoms with van der Waals surface area (Å²) < 4.78 is 0. The van der Waals surface area contributed by atoms with E-state index in [1.165, 1.54) is 0 Å². The number of aliphatic hydroxyl groups is 2. The van der Waals surface area contributed by atoms with E-state index in [-0.39, 0.29) is 18.4 Å². The molecule has 0 aromatic carbocycles. The molecule has 0 aromatic rings. The molecule has 0 amide bonds. The summed E-state index contributed by atoms with van der Waals surface area (Å²) in [4.78, 5) is 0. The van der Waals surface area contributed by atoms with Crippen molar-refractivity contribution in [3.8, 4) is 0 Å². The van der Waals surface area contributed by atoms with Crippen molar-refractivity contribution in [3.05, 3.63) is 0 Å². The third-order valence-corrected chi connectivity index (χ3v) is 2.99. The molecular weight excluding hydrogens is 166 g/mol. The van der Waals surface area contributed by atoms with Crippen LogP contribution in [-0.4, -0.2) is 28.5 Å². The Morgan fingerprint density at radius 2 is 1.73 bits per heavy atom. The summed E-state index contributed by atoms with van der Waals surface area (Å²) in [6, 6.07) is 0.233. The van der Waals surface area contributed by atoms with Gasteiger partial charge in [-0.25, -0.2) is 0 Å². The van der Waals surface area contributed by atoms with Gasteiger partial charge in [-0.3, -0.25) is 0 Å². The van der Waals surface area contributed by atoms with E-state index in [9.17, 15) is 10.2 Å². The monoisotopic (exact) mass is 179 g/mol. The van der Waals surface area contributed by atoms with Gasteiger partial charge < -0.3 is 15.9 Å². The molecule has 0 aliphatic heterocycles. The third kappa shape index (κ3) is 1.16. The highest BCUT2D eigenvalue weighted by Crippen LogP contribution is 2.46. The van der Waals surface area contributed by atoms with E-state index < -0.39 is 12.2 Å². The summed E-state index contributed by atoms with van der Waals surface area (Å²) in [5, 5.41) is 18.5. The molecule has 0 bridgehead atoms. The number of fused-ring (bicyclic) bond motifs is 1. The summed E-state index contributed by atoms with van der Waals surface area (Å²) in [6.07, 6.45) is 0.587. The van der Waals surface area contributed by atoms with Crippen LogP contribution >= 0.6 is 12.4 Å². The fourth-order valence-corrected chi connectivity index (χ4v) is 2.23. The summed E-state index contributed by atoms with van der Waals surface area (Å²) in [5.41, 5.74) is 5.67. The standard InChI is InChI=1S/C7H13NO2.ClH/c8-5-1-4-3(5)2-6(9)7(4)10;/h3-7,9-10H,1-2,8H2;1H/t3-,4-,5+,6-,7+;/m1./s1. The molecule has 0 radical (unpaired) electrons. The van der Waals surface area contributed by atoms with Crippen LogP contribution in [0.3, 0.4) is 0 Å². The van der Waals surface area contributed by atoms with Gasteiger partial charge in [0.05, 0.1) is 12.2 Å². The molecule has 0 spiro atoms. The van der Waals surface area contributed by atoms with Gasteiger partial charge in [-0.2, -0.15) is 0 Å². The Kier molecular flexibility index (Phi) is 2.44. The van der Waals surface area contributed by atoms with Gasteiger partial charge in [0.1, 0.15) is 0 Å². The predicted octanol–water partition coefficient (Wildman–Crippen LogP) is -0.503. The van der Waals surface area contributed by atoms with Gasteiger partial charge in [-0.05, 0) is 24.7 Å². The first-order valence-electron chi connectivity index (χ1n) is 3.82. The summed E-state index contributed by atoms with van der Waals surface area (Å²) >= 11 is 0. The largest absolute Gasteiger partial charge is 0.390 e. The molecule has 0 aromatic heterocycles. The average molecular weight is 180 g/mol. The van der Waals surface area contributed by atoms with Crippen LogP contribution in [0.2, 0.25) is 0 Å². The second kappa shape index (κ2) is 2.90. The molecule has 2 aliphatic carbocycles. The van der Waals surface area contributed by atoms with Gasteiger partial charge in [-0.15, -0.1) is 12.4 Å². The number of hydrogen-bond acceptors (Lipinski definition) is 3. The van der Waals surface area contributed by atoms with Crippen molar-refractivity contribution in [1.82, 2.24) is 0 Å². The second-order valence-electron chi connectivity index (χ2n) is 3.52. The van der Waals surface area contributed by atoms with E-state index in [4.69, 9.17) is 5.73 Å². The molecule has 2 fully saturated rings. The maximum absolute atomic E-state index is 9.30. The fraction of sp³-hybridized carbons (Fsp3) is 1.00. The molecule has 4 N–H and O–H groups in total. The minimum atomic E-state index is -0.511. The molecule has 0 unspecified atom stereocenters. The second-order valence-corrected chi connectivity index (χ2v) is 3.52. The zero-order chi connectivity index (χ0) is 7.30. The Labute approximate surface area is 72.0 Å². The molecule has 3 nitrogen and oxygen atoms in total. The van der Waals surface area contributed by atoms with Crippen molar-refractivity contribution in [1.29, 1.82) is 0 Å². The molecule has 2 aliphatic rings. The molecule has 66 valence electrons. The first-order valence-corrected chi connectivity index (χ1v) is 3.82. The van der Waals surface area contributed by atoms with Gasteiger partial charge in [0.15, 0.2) is 0 Å². The van der Waals surface area contributed by atoms with E-state index in [0.29, 0.717) is 18.3 Å². The van der Waals surface area contributed by atoms with E-state index in [0.717, 1.165) is 6.42 Å². The van der Waals surface area contributed by atoms with Crippen molar-refractivity contribution in [2.75, 3.05) is 0 Å². The number of nitrogens with two attached hydrogens (primary N) is 1. The summed E-state index contributed by atoms with van der Waals surface area (Å²) in [5.74, 6) is 0.690. The molecule has 0 heterocycles. The van der Waals surface area contributed by atoms with Gasteiger partial charge in [-0.1, -0.05) is 0 Å². The third-order valence-electron chi connectivity index (χ3n) is 2.99. The van der Waals surface area contributed by atoms with Crippen LogP contribution in [0.25, 0.3) is 0 Å². The lowest BCUT2D eigenvalue weighted by Gasteiger charge is -2.38. The molecule has 2 rings (SSSR count). The maximum Gasteiger partial charge on any atom is 0.0831 e. The quantitative estimate of drug-likeness (QED) is 0.470. The van der Waals surface area contributed by atoms with Gasteiger partial charge in [0.2, 0.25) is 0 Å². The first-order chi connectivity index (χ1) is 4.70. The highest BCUT2D eigenvalue weighted by molar-refractivity contribution is 5.85. The molecule has 11 heavy (non-hydrogen) atoms. The molecule has 5 atom stereocenters. The lowest BCUT2D eigenvalue weighted by Crippen LogP contribution is -2.47. The van der Waals surface area contributed by atoms with Crippen molar-refractivity contribution in [3.63, 3.8) is 0 Å². The molecular formula is C7H14ClNO2. The zero-order valence-corrected chi connectivity index (χ0v) is 7.00. The van der Waals surface area contributed by atoms with E-state index >= 15 is 0 Å². The Bertz CT molecular complexity index is 155. The lowest BCUT2D eigenvalue weighted by molar-refractivity contribution is -0.000259. The number of aliphatic hydroxyl groups excluding tert-OH is 2. The normalized spacial score (nSPS) is 54.3. The fourth-order valence-electron chi connectivity index (χ4n) is 2.23. The van der Waals surface area contributed by atoms with Gasteiger partial charge in [0, 0.05) is 6.04 Å².